The number of rotatable bonds is 2. The molecule has 0 aliphatic carbocycles. The summed E-state index contributed by atoms with van der Waals surface area (Å²) in [5.41, 5.74) is 0.502. The van der Waals surface area contributed by atoms with Crippen LogP contribution < -0.4 is 4.90 Å². The van der Waals surface area contributed by atoms with Crippen molar-refractivity contribution in [2.75, 3.05) is 17.3 Å². The van der Waals surface area contributed by atoms with Gasteiger partial charge >= 0.3 is 0 Å². The highest BCUT2D eigenvalue weighted by Gasteiger charge is 2.31. The van der Waals surface area contributed by atoms with Gasteiger partial charge in [-0.15, -0.1) is 11.6 Å². The molecule has 16 heavy (non-hydrogen) atoms. The molecule has 1 aliphatic rings. The first-order chi connectivity index (χ1) is 7.61. The average Bonchev–Trinajstić information content (AvgIpc) is 2.60. The van der Waals surface area contributed by atoms with Crippen molar-refractivity contribution in [3.05, 3.63) is 23.2 Å². The van der Waals surface area contributed by atoms with E-state index in [1.807, 2.05) is 0 Å². The van der Waals surface area contributed by atoms with E-state index in [-0.39, 0.29) is 17.6 Å². The summed E-state index contributed by atoms with van der Waals surface area (Å²) in [6, 6.07) is 4.72. The number of hydrogen-bond donors (Lipinski definition) is 1. The standard InChI is InChI=1S/C11H11Cl2NO2/c12-5-7-3-11(16)14(6-7)9-2-1-8(13)4-10(9)15/h1-2,4,7,15H,3,5-6H2. The third-order valence-corrected chi connectivity index (χ3v) is 3.32. The van der Waals surface area contributed by atoms with Crippen LogP contribution in [0.4, 0.5) is 5.69 Å². The van der Waals surface area contributed by atoms with E-state index in [0.29, 0.717) is 29.6 Å². The smallest absolute Gasteiger partial charge is 0.227 e. The number of nitrogens with zero attached hydrogens (tertiary/aromatic N) is 1. The molecule has 1 aliphatic heterocycles. The molecule has 1 fully saturated rings. The van der Waals surface area contributed by atoms with Crippen molar-refractivity contribution in [3.63, 3.8) is 0 Å². The van der Waals surface area contributed by atoms with E-state index in [0.717, 1.165) is 0 Å². The lowest BCUT2D eigenvalue weighted by atomic mass is 10.1. The van der Waals surface area contributed by atoms with Crippen LogP contribution in [0.2, 0.25) is 5.02 Å². The molecule has 1 atom stereocenters. The minimum Gasteiger partial charge on any atom is -0.506 e. The highest BCUT2D eigenvalue weighted by molar-refractivity contribution is 6.30. The van der Waals surface area contributed by atoms with Gasteiger partial charge in [-0.25, -0.2) is 0 Å². The molecule has 1 amide bonds. The van der Waals surface area contributed by atoms with Gasteiger partial charge in [0.2, 0.25) is 5.91 Å². The number of carbonyl (C=O) groups is 1. The van der Waals surface area contributed by atoms with Crippen LogP contribution >= 0.6 is 23.2 Å². The molecule has 3 nitrogen and oxygen atoms in total. The van der Waals surface area contributed by atoms with E-state index in [1.165, 1.54) is 6.07 Å². The van der Waals surface area contributed by atoms with Crippen molar-refractivity contribution < 1.29 is 9.90 Å². The summed E-state index contributed by atoms with van der Waals surface area (Å²) in [5.74, 6) is 0.625. The van der Waals surface area contributed by atoms with E-state index >= 15 is 0 Å². The third-order valence-electron chi connectivity index (χ3n) is 2.65. The Labute approximate surface area is 104 Å². The van der Waals surface area contributed by atoms with Crippen LogP contribution in [0.3, 0.4) is 0 Å². The van der Waals surface area contributed by atoms with Gasteiger partial charge in [0.05, 0.1) is 5.69 Å². The monoisotopic (exact) mass is 259 g/mol. The second kappa shape index (κ2) is 4.52. The molecule has 1 N–H and O–H groups in total. The molecule has 0 aromatic heterocycles. The zero-order valence-electron chi connectivity index (χ0n) is 8.49. The molecule has 1 aromatic rings. The van der Waals surface area contributed by atoms with Gasteiger partial charge in [-0.05, 0) is 18.1 Å². The van der Waals surface area contributed by atoms with Gasteiger partial charge in [-0.1, -0.05) is 11.6 Å². The number of aromatic hydroxyl groups is 1. The molecule has 0 radical (unpaired) electrons. The van der Waals surface area contributed by atoms with Crippen molar-refractivity contribution >= 4 is 34.8 Å². The van der Waals surface area contributed by atoms with Gasteiger partial charge in [-0.2, -0.15) is 0 Å². The van der Waals surface area contributed by atoms with Crippen LogP contribution in [0.5, 0.6) is 5.75 Å². The molecule has 1 unspecified atom stereocenters. The fraction of sp³-hybridized carbons (Fsp3) is 0.364. The van der Waals surface area contributed by atoms with Crippen molar-refractivity contribution in [2.45, 2.75) is 6.42 Å². The Hall–Kier alpha value is -0.930. The number of amides is 1. The zero-order chi connectivity index (χ0) is 11.7. The van der Waals surface area contributed by atoms with Crippen molar-refractivity contribution in [1.82, 2.24) is 0 Å². The minimum absolute atomic E-state index is 0.0109. The highest BCUT2D eigenvalue weighted by Crippen LogP contribution is 2.34. The maximum absolute atomic E-state index is 11.7. The summed E-state index contributed by atoms with van der Waals surface area (Å²) >= 11 is 11.5. The van der Waals surface area contributed by atoms with Crippen LogP contribution in [0, 0.1) is 5.92 Å². The molecule has 86 valence electrons. The lowest BCUT2D eigenvalue weighted by Gasteiger charge is -2.17. The highest BCUT2D eigenvalue weighted by atomic mass is 35.5. The number of phenolic OH excluding ortho intramolecular Hbond substituents is 1. The topological polar surface area (TPSA) is 40.5 Å². The molecule has 1 aromatic carbocycles. The second-order valence-corrected chi connectivity index (χ2v) is 4.61. The van der Waals surface area contributed by atoms with Crippen LogP contribution in [-0.2, 0) is 4.79 Å². The summed E-state index contributed by atoms with van der Waals surface area (Å²) in [4.78, 5) is 13.3. The molecule has 0 saturated carbocycles. The van der Waals surface area contributed by atoms with Gasteiger partial charge in [0.1, 0.15) is 5.75 Å². The van der Waals surface area contributed by atoms with Crippen LogP contribution in [0.15, 0.2) is 18.2 Å². The first kappa shape index (κ1) is 11.6. The maximum Gasteiger partial charge on any atom is 0.227 e. The predicted molar refractivity (Wildman–Crippen MR) is 64.3 cm³/mol. The van der Waals surface area contributed by atoms with E-state index in [2.05, 4.69) is 0 Å². The third kappa shape index (κ3) is 2.11. The summed E-state index contributed by atoms with van der Waals surface area (Å²) < 4.78 is 0. The molecule has 1 saturated heterocycles. The van der Waals surface area contributed by atoms with E-state index < -0.39 is 0 Å². The maximum atomic E-state index is 11.7. The molecular formula is C11H11Cl2NO2. The quantitative estimate of drug-likeness (QED) is 0.830. The largest absolute Gasteiger partial charge is 0.506 e. The number of benzene rings is 1. The van der Waals surface area contributed by atoms with E-state index in [4.69, 9.17) is 23.2 Å². The van der Waals surface area contributed by atoms with Gasteiger partial charge in [0.25, 0.3) is 0 Å². The van der Waals surface area contributed by atoms with Crippen molar-refractivity contribution in [1.29, 1.82) is 0 Å². The number of anilines is 1. The summed E-state index contributed by atoms with van der Waals surface area (Å²) in [7, 11) is 0. The number of phenols is 1. The molecule has 0 spiro atoms. The fourth-order valence-electron chi connectivity index (χ4n) is 1.84. The number of alkyl halides is 1. The average molecular weight is 260 g/mol. The van der Waals surface area contributed by atoms with Gasteiger partial charge < -0.3 is 10.0 Å². The molecule has 1 heterocycles. The summed E-state index contributed by atoms with van der Waals surface area (Å²) in [6.07, 6.45) is 0.436. The number of halogens is 2. The van der Waals surface area contributed by atoms with Gasteiger partial charge in [0, 0.05) is 29.9 Å². The predicted octanol–water partition coefficient (Wildman–Crippen LogP) is 2.64. The van der Waals surface area contributed by atoms with E-state index in [1.54, 1.807) is 17.0 Å². The summed E-state index contributed by atoms with van der Waals surface area (Å²) in [5, 5.41) is 10.2. The van der Waals surface area contributed by atoms with Gasteiger partial charge in [-0.3, -0.25) is 4.79 Å². The van der Waals surface area contributed by atoms with Crippen molar-refractivity contribution in [2.24, 2.45) is 5.92 Å². The van der Waals surface area contributed by atoms with Crippen LogP contribution in [-0.4, -0.2) is 23.4 Å². The first-order valence-corrected chi connectivity index (χ1v) is 5.88. The van der Waals surface area contributed by atoms with Crippen LogP contribution in [0.1, 0.15) is 6.42 Å². The van der Waals surface area contributed by atoms with E-state index in [9.17, 15) is 9.90 Å². The lowest BCUT2D eigenvalue weighted by Crippen LogP contribution is -2.24. The lowest BCUT2D eigenvalue weighted by molar-refractivity contribution is -0.117. The Morgan fingerprint density at radius 3 is 2.81 bits per heavy atom. The minimum atomic E-state index is -0.0109. The van der Waals surface area contributed by atoms with Crippen LogP contribution in [0.25, 0.3) is 0 Å². The number of carbonyl (C=O) groups excluding carboxylic acids is 1. The Morgan fingerprint density at radius 2 is 2.25 bits per heavy atom. The Morgan fingerprint density at radius 1 is 1.50 bits per heavy atom. The summed E-state index contributed by atoms with van der Waals surface area (Å²) in [6.45, 7) is 0.553. The van der Waals surface area contributed by atoms with Gasteiger partial charge in [0.15, 0.2) is 0 Å². The Kier molecular flexibility index (Phi) is 3.26. The molecule has 2 rings (SSSR count). The van der Waals surface area contributed by atoms with Crippen molar-refractivity contribution in [3.8, 4) is 5.75 Å². The molecular weight excluding hydrogens is 249 g/mol. The normalized spacial score (nSPS) is 20.5. The second-order valence-electron chi connectivity index (χ2n) is 3.86. The Balaban J connectivity index is 2.28. The zero-order valence-corrected chi connectivity index (χ0v) is 10.0. The number of hydrogen-bond acceptors (Lipinski definition) is 2. The fourth-order valence-corrected chi connectivity index (χ4v) is 2.22. The first-order valence-electron chi connectivity index (χ1n) is 4.96. The SMILES string of the molecule is O=C1CC(CCl)CN1c1ccc(Cl)cc1O. The molecule has 5 heteroatoms. The Bertz CT molecular complexity index is 422. The molecule has 0 bridgehead atoms.